The fourth-order valence-corrected chi connectivity index (χ4v) is 3.29. The number of aromatic nitrogens is 4. The lowest BCUT2D eigenvalue weighted by molar-refractivity contribution is 0.325. The first-order valence-electron chi connectivity index (χ1n) is 9.43. The van der Waals surface area contributed by atoms with Crippen molar-refractivity contribution in [2.24, 2.45) is 0 Å². The number of imidazole rings is 1. The van der Waals surface area contributed by atoms with Crippen LogP contribution in [0.4, 0.5) is 0 Å². The lowest BCUT2D eigenvalue weighted by atomic mass is 10.1. The average molecular weight is 387 g/mol. The van der Waals surface area contributed by atoms with E-state index in [-0.39, 0.29) is 17.6 Å². The molecule has 0 aliphatic rings. The number of H-pyrrole nitrogens is 1. The third-order valence-corrected chi connectivity index (χ3v) is 4.83. The van der Waals surface area contributed by atoms with Crippen LogP contribution < -0.4 is 5.69 Å². The zero-order valence-corrected chi connectivity index (χ0v) is 16.2. The van der Waals surface area contributed by atoms with E-state index in [4.69, 9.17) is 15.1 Å². The molecule has 0 aliphatic carbocycles. The minimum Gasteiger partial charge on any atom is -0.478 e. The van der Waals surface area contributed by atoms with E-state index in [0.29, 0.717) is 29.2 Å². The highest BCUT2D eigenvalue weighted by Crippen LogP contribution is 2.23. The van der Waals surface area contributed by atoms with Gasteiger partial charge in [-0.05, 0) is 31.5 Å². The Labute approximate surface area is 167 Å². The molecule has 0 aliphatic heterocycles. The van der Waals surface area contributed by atoms with Crippen LogP contribution in [0.15, 0.2) is 65.6 Å². The van der Waals surface area contributed by atoms with Gasteiger partial charge in [-0.1, -0.05) is 42.5 Å². The number of aromatic amines is 1. The maximum Gasteiger partial charge on any atom is 0.329 e. The summed E-state index contributed by atoms with van der Waals surface area (Å²) >= 11 is 0. The molecule has 0 spiro atoms. The molecule has 146 valence electrons. The van der Waals surface area contributed by atoms with Crippen LogP contribution in [0.1, 0.15) is 31.0 Å². The monoisotopic (exact) mass is 387 g/mol. The molecule has 2 aromatic heterocycles. The van der Waals surface area contributed by atoms with Crippen LogP contribution in [0.3, 0.4) is 0 Å². The Morgan fingerprint density at radius 3 is 2.59 bits per heavy atom. The second kappa shape index (κ2) is 7.71. The molecule has 7 heteroatoms. The molecule has 7 nitrogen and oxygen atoms in total. The molecular weight excluding hydrogens is 366 g/mol. The van der Waals surface area contributed by atoms with Crippen molar-refractivity contribution in [3.8, 4) is 11.3 Å². The Morgan fingerprint density at radius 2 is 1.90 bits per heavy atom. The van der Waals surface area contributed by atoms with Crippen molar-refractivity contribution in [2.75, 3.05) is 6.61 Å². The molecule has 2 N–H and O–H groups in total. The van der Waals surface area contributed by atoms with E-state index >= 15 is 0 Å². The Bertz CT molecular complexity index is 1210. The summed E-state index contributed by atoms with van der Waals surface area (Å²) in [6.45, 7) is 4.26. The van der Waals surface area contributed by atoms with Gasteiger partial charge in [0.2, 0.25) is 5.90 Å². The molecule has 29 heavy (non-hydrogen) atoms. The van der Waals surface area contributed by atoms with Crippen molar-refractivity contribution in [1.82, 2.24) is 19.5 Å². The number of hydrogen-bond donors (Lipinski definition) is 2. The van der Waals surface area contributed by atoms with Gasteiger partial charge in [0.25, 0.3) is 0 Å². The number of benzene rings is 2. The lowest BCUT2D eigenvalue weighted by Crippen LogP contribution is -2.21. The van der Waals surface area contributed by atoms with Crippen LogP contribution in [0.5, 0.6) is 0 Å². The van der Waals surface area contributed by atoms with Gasteiger partial charge in [-0.15, -0.1) is 0 Å². The first-order valence-corrected chi connectivity index (χ1v) is 9.43. The molecule has 2 heterocycles. The van der Waals surface area contributed by atoms with E-state index in [1.807, 2.05) is 68.4 Å². The van der Waals surface area contributed by atoms with Gasteiger partial charge >= 0.3 is 5.69 Å². The first-order chi connectivity index (χ1) is 14.1. The van der Waals surface area contributed by atoms with Crippen LogP contribution in [-0.2, 0) is 4.74 Å². The van der Waals surface area contributed by atoms with Gasteiger partial charge in [0.15, 0.2) is 11.3 Å². The van der Waals surface area contributed by atoms with E-state index in [2.05, 4.69) is 9.97 Å². The molecule has 4 aromatic rings. The topological polar surface area (TPSA) is 96.6 Å². The third kappa shape index (κ3) is 3.54. The van der Waals surface area contributed by atoms with Gasteiger partial charge < -0.3 is 4.74 Å². The van der Waals surface area contributed by atoms with Crippen LogP contribution in [-0.4, -0.2) is 32.0 Å². The predicted molar refractivity (Wildman–Crippen MR) is 112 cm³/mol. The number of fused-ring (bicyclic) bond motifs is 1. The van der Waals surface area contributed by atoms with Crippen molar-refractivity contribution < 1.29 is 4.74 Å². The van der Waals surface area contributed by atoms with E-state index in [1.165, 1.54) is 0 Å². The Kier molecular flexibility index (Phi) is 4.95. The largest absolute Gasteiger partial charge is 0.478 e. The molecule has 0 saturated carbocycles. The van der Waals surface area contributed by atoms with Gasteiger partial charge in [-0.2, -0.15) is 0 Å². The van der Waals surface area contributed by atoms with Crippen molar-refractivity contribution in [3.05, 3.63) is 82.4 Å². The van der Waals surface area contributed by atoms with E-state index in [9.17, 15) is 4.79 Å². The summed E-state index contributed by atoms with van der Waals surface area (Å²) in [5, 5.41) is 7.88. The number of nitrogens with zero attached hydrogens (tertiary/aromatic N) is 3. The molecule has 2 aromatic carbocycles. The highest BCUT2D eigenvalue weighted by molar-refractivity contribution is 5.92. The zero-order chi connectivity index (χ0) is 20.4. The lowest BCUT2D eigenvalue weighted by Gasteiger charge is -2.13. The summed E-state index contributed by atoms with van der Waals surface area (Å²) in [5.41, 5.74) is 3.93. The molecule has 0 saturated heterocycles. The van der Waals surface area contributed by atoms with Crippen LogP contribution in [0.2, 0.25) is 0 Å². The maximum absolute atomic E-state index is 12.6. The SMILES string of the molecule is CCOC(=N)c1ccc(-c2cnc3[nH]c(=O)n([C@H](C)c4ccccc4)c3n2)cc1. The van der Waals surface area contributed by atoms with Gasteiger partial charge in [0, 0.05) is 11.1 Å². The molecule has 0 amide bonds. The van der Waals surface area contributed by atoms with Crippen LogP contribution in [0.25, 0.3) is 22.6 Å². The van der Waals surface area contributed by atoms with Crippen LogP contribution >= 0.6 is 0 Å². The summed E-state index contributed by atoms with van der Waals surface area (Å²) < 4.78 is 6.86. The highest BCUT2D eigenvalue weighted by Gasteiger charge is 2.17. The fourth-order valence-electron chi connectivity index (χ4n) is 3.29. The number of ether oxygens (including phenoxy) is 1. The molecule has 1 atom stereocenters. The molecule has 0 radical (unpaired) electrons. The summed E-state index contributed by atoms with van der Waals surface area (Å²) in [6, 6.07) is 17.0. The second-order valence-corrected chi connectivity index (χ2v) is 6.65. The molecule has 0 fully saturated rings. The van der Waals surface area contributed by atoms with Gasteiger partial charge in [0.05, 0.1) is 24.5 Å². The van der Waals surface area contributed by atoms with E-state index in [0.717, 1.165) is 11.1 Å². The molecule has 0 unspecified atom stereocenters. The summed E-state index contributed by atoms with van der Waals surface area (Å²) in [6.07, 6.45) is 1.64. The Morgan fingerprint density at radius 1 is 1.17 bits per heavy atom. The number of nitrogens with one attached hydrogen (secondary N) is 2. The molecule has 4 rings (SSSR count). The van der Waals surface area contributed by atoms with Crippen molar-refractivity contribution >= 4 is 17.2 Å². The minimum absolute atomic E-state index is 0.136. The van der Waals surface area contributed by atoms with Crippen molar-refractivity contribution in [3.63, 3.8) is 0 Å². The zero-order valence-electron chi connectivity index (χ0n) is 16.2. The predicted octanol–water partition coefficient (Wildman–Crippen LogP) is 3.76. The van der Waals surface area contributed by atoms with Gasteiger partial charge in [-0.25, -0.2) is 14.8 Å². The summed E-state index contributed by atoms with van der Waals surface area (Å²) in [7, 11) is 0. The van der Waals surface area contributed by atoms with Gasteiger partial charge in [0.1, 0.15) is 0 Å². The standard InChI is InChI=1S/C22H21N5O2/c1-3-29-19(23)17-11-9-16(10-12-17)18-13-24-20-21(25-18)27(22(28)26-20)14(2)15-7-5-4-6-8-15/h4-14,23H,3H2,1-2H3,(H,24,26,28)/t14-/m1/s1. The highest BCUT2D eigenvalue weighted by atomic mass is 16.5. The normalized spacial score (nSPS) is 12.1. The van der Waals surface area contributed by atoms with Crippen molar-refractivity contribution in [2.45, 2.75) is 19.9 Å². The average Bonchev–Trinajstić information content (AvgIpc) is 3.09. The van der Waals surface area contributed by atoms with Crippen molar-refractivity contribution in [1.29, 1.82) is 5.41 Å². The van der Waals surface area contributed by atoms with Crippen LogP contribution in [0, 0.1) is 5.41 Å². The quantitative estimate of drug-likeness (QED) is 0.402. The van der Waals surface area contributed by atoms with Gasteiger partial charge in [-0.3, -0.25) is 15.0 Å². The molecule has 0 bridgehead atoms. The maximum atomic E-state index is 12.6. The van der Waals surface area contributed by atoms with E-state index < -0.39 is 0 Å². The third-order valence-electron chi connectivity index (χ3n) is 4.83. The fraction of sp³-hybridized carbons (Fsp3) is 0.182. The molecular formula is C22H21N5O2. The smallest absolute Gasteiger partial charge is 0.329 e. The van der Waals surface area contributed by atoms with E-state index in [1.54, 1.807) is 10.8 Å². The first kappa shape index (κ1) is 18.6. The summed E-state index contributed by atoms with van der Waals surface area (Å²) in [5.74, 6) is 0.136. The summed E-state index contributed by atoms with van der Waals surface area (Å²) in [4.78, 5) is 24.5. The Balaban J connectivity index is 1.74. The number of hydrogen-bond acceptors (Lipinski definition) is 5. The second-order valence-electron chi connectivity index (χ2n) is 6.65. The number of rotatable bonds is 5. The minimum atomic E-state index is -0.242. The Hall–Kier alpha value is -3.74.